The van der Waals surface area contributed by atoms with Gasteiger partial charge in [0, 0.05) is 0 Å². The van der Waals surface area contributed by atoms with Crippen molar-refractivity contribution in [2.75, 3.05) is 18.1 Å². The SMILES string of the molecule is CCCCC(CC)CSCC(=O)OC(C)OCC(C)C. The van der Waals surface area contributed by atoms with E-state index in [4.69, 9.17) is 9.47 Å². The van der Waals surface area contributed by atoms with Crippen LogP contribution in [-0.2, 0) is 14.3 Å². The third-order valence-electron chi connectivity index (χ3n) is 3.08. The molecular weight excluding hydrogens is 272 g/mol. The van der Waals surface area contributed by atoms with Gasteiger partial charge in [0.25, 0.3) is 0 Å². The van der Waals surface area contributed by atoms with Gasteiger partial charge in [0.15, 0.2) is 6.29 Å². The van der Waals surface area contributed by atoms with Gasteiger partial charge in [0.2, 0.25) is 0 Å². The lowest BCUT2D eigenvalue weighted by Crippen LogP contribution is -2.21. The van der Waals surface area contributed by atoms with E-state index in [0.717, 1.165) is 11.7 Å². The Morgan fingerprint density at radius 2 is 1.90 bits per heavy atom. The van der Waals surface area contributed by atoms with Gasteiger partial charge in [-0.2, -0.15) is 0 Å². The van der Waals surface area contributed by atoms with Crippen LogP contribution in [0.1, 0.15) is 60.3 Å². The van der Waals surface area contributed by atoms with Crippen LogP contribution in [0.4, 0.5) is 0 Å². The average molecular weight is 304 g/mol. The van der Waals surface area contributed by atoms with Crippen LogP contribution >= 0.6 is 11.8 Å². The largest absolute Gasteiger partial charge is 0.435 e. The van der Waals surface area contributed by atoms with Gasteiger partial charge in [-0.15, -0.1) is 11.8 Å². The maximum Gasteiger partial charge on any atom is 0.318 e. The van der Waals surface area contributed by atoms with Gasteiger partial charge in [0.1, 0.15) is 0 Å². The molecule has 0 saturated heterocycles. The number of ether oxygens (including phenoxy) is 2. The summed E-state index contributed by atoms with van der Waals surface area (Å²) in [4.78, 5) is 11.7. The highest BCUT2D eigenvalue weighted by Crippen LogP contribution is 2.18. The van der Waals surface area contributed by atoms with Crippen molar-refractivity contribution in [3.05, 3.63) is 0 Å². The number of carbonyl (C=O) groups excluding carboxylic acids is 1. The highest BCUT2D eigenvalue weighted by atomic mass is 32.2. The summed E-state index contributed by atoms with van der Waals surface area (Å²) in [5, 5.41) is 0. The number of carbonyl (C=O) groups is 1. The van der Waals surface area contributed by atoms with E-state index in [2.05, 4.69) is 27.7 Å². The van der Waals surface area contributed by atoms with E-state index >= 15 is 0 Å². The second-order valence-corrected chi connectivity index (χ2v) is 6.75. The summed E-state index contributed by atoms with van der Waals surface area (Å²) in [6.45, 7) is 11.0. The molecule has 0 aromatic carbocycles. The van der Waals surface area contributed by atoms with E-state index in [1.165, 1.54) is 25.7 Å². The fourth-order valence-electron chi connectivity index (χ4n) is 1.79. The molecule has 0 rings (SSSR count). The molecule has 0 saturated carbocycles. The summed E-state index contributed by atoms with van der Waals surface area (Å²) < 4.78 is 10.6. The Labute approximate surface area is 129 Å². The van der Waals surface area contributed by atoms with Crippen molar-refractivity contribution in [3.63, 3.8) is 0 Å². The second-order valence-electron chi connectivity index (χ2n) is 5.72. The lowest BCUT2D eigenvalue weighted by atomic mass is 10.0. The highest BCUT2D eigenvalue weighted by Gasteiger charge is 2.12. The van der Waals surface area contributed by atoms with Crippen LogP contribution in [0.15, 0.2) is 0 Å². The third kappa shape index (κ3) is 11.6. The van der Waals surface area contributed by atoms with E-state index in [1.54, 1.807) is 18.7 Å². The maximum absolute atomic E-state index is 11.7. The molecule has 2 unspecified atom stereocenters. The number of rotatable bonds is 12. The van der Waals surface area contributed by atoms with Gasteiger partial charge in [-0.25, -0.2) is 0 Å². The molecule has 0 heterocycles. The van der Waals surface area contributed by atoms with Crippen molar-refractivity contribution < 1.29 is 14.3 Å². The van der Waals surface area contributed by atoms with E-state index in [1.807, 2.05) is 0 Å². The summed E-state index contributed by atoms with van der Waals surface area (Å²) in [7, 11) is 0. The van der Waals surface area contributed by atoms with Crippen molar-refractivity contribution >= 4 is 17.7 Å². The third-order valence-corrected chi connectivity index (χ3v) is 4.23. The normalized spacial score (nSPS) is 14.3. The Hall–Kier alpha value is -0.220. The highest BCUT2D eigenvalue weighted by molar-refractivity contribution is 7.99. The monoisotopic (exact) mass is 304 g/mol. The minimum absolute atomic E-state index is 0.170. The molecule has 0 amide bonds. The number of unbranched alkanes of at least 4 members (excludes halogenated alkanes) is 1. The number of thioether (sulfide) groups is 1. The molecule has 120 valence electrons. The van der Waals surface area contributed by atoms with Gasteiger partial charge in [-0.3, -0.25) is 4.79 Å². The van der Waals surface area contributed by atoms with Gasteiger partial charge < -0.3 is 9.47 Å². The van der Waals surface area contributed by atoms with E-state index in [0.29, 0.717) is 18.3 Å². The van der Waals surface area contributed by atoms with Crippen LogP contribution in [-0.4, -0.2) is 30.4 Å². The number of esters is 1. The minimum Gasteiger partial charge on any atom is -0.435 e. The molecule has 0 aliphatic carbocycles. The van der Waals surface area contributed by atoms with Gasteiger partial charge in [0.05, 0.1) is 12.4 Å². The summed E-state index contributed by atoms with van der Waals surface area (Å²) >= 11 is 1.68. The molecule has 4 heteroatoms. The standard InChI is InChI=1S/C16H32O3S/c1-6-8-9-15(7-2)11-20-12-16(17)19-14(5)18-10-13(3)4/h13-15H,6-12H2,1-5H3. The van der Waals surface area contributed by atoms with Crippen molar-refractivity contribution in [1.82, 2.24) is 0 Å². The lowest BCUT2D eigenvalue weighted by Gasteiger charge is -2.16. The first-order chi connectivity index (χ1) is 9.49. The molecule has 0 fully saturated rings. The molecular formula is C16H32O3S. The first-order valence-electron chi connectivity index (χ1n) is 7.88. The lowest BCUT2D eigenvalue weighted by molar-refractivity contribution is -0.173. The van der Waals surface area contributed by atoms with Crippen LogP contribution in [0.5, 0.6) is 0 Å². The summed E-state index contributed by atoms with van der Waals surface area (Å²) in [6.07, 6.45) is 4.55. The zero-order valence-electron chi connectivity index (χ0n) is 13.8. The molecule has 0 N–H and O–H groups in total. The quantitative estimate of drug-likeness (QED) is 0.393. The van der Waals surface area contributed by atoms with Crippen LogP contribution in [0.2, 0.25) is 0 Å². The summed E-state index contributed by atoms with van der Waals surface area (Å²) in [5.41, 5.74) is 0. The van der Waals surface area contributed by atoms with E-state index in [-0.39, 0.29) is 5.97 Å². The Kier molecular flexibility index (Phi) is 12.4. The Balaban J connectivity index is 3.70. The van der Waals surface area contributed by atoms with Crippen molar-refractivity contribution in [1.29, 1.82) is 0 Å². The zero-order valence-corrected chi connectivity index (χ0v) is 14.6. The van der Waals surface area contributed by atoms with Gasteiger partial charge >= 0.3 is 5.97 Å². The van der Waals surface area contributed by atoms with Gasteiger partial charge in [-0.05, 0) is 30.9 Å². The van der Waals surface area contributed by atoms with E-state index in [9.17, 15) is 4.79 Å². The van der Waals surface area contributed by atoms with Crippen LogP contribution in [0, 0.1) is 11.8 Å². The second kappa shape index (κ2) is 12.5. The van der Waals surface area contributed by atoms with Crippen LogP contribution in [0.3, 0.4) is 0 Å². The Bertz CT molecular complexity index is 244. The average Bonchev–Trinajstić information content (AvgIpc) is 2.40. The first kappa shape index (κ1) is 19.8. The molecule has 2 atom stereocenters. The van der Waals surface area contributed by atoms with Gasteiger partial charge in [-0.1, -0.05) is 47.0 Å². The number of hydrogen-bond donors (Lipinski definition) is 0. The fourth-order valence-corrected chi connectivity index (χ4v) is 2.88. The smallest absolute Gasteiger partial charge is 0.318 e. The Morgan fingerprint density at radius 1 is 1.20 bits per heavy atom. The van der Waals surface area contributed by atoms with Crippen LogP contribution in [0.25, 0.3) is 0 Å². The molecule has 0 aromatic rings. The topological polar surface area (TPSA) is 35.5 Å². The van der Waals surface area contributed by atoms with Crippen molar-refractivity contribution in [3.8, 4) is 0 Å². The number of hydrogen-bond acceptors (Lipinski definition) is 4. The molecule has 20 heavy (non-hydrogen) atoms. The molecule has 0 bridgehead atoms. The molecule has 0 aliphatic rings. The molecule has 0 radical (unpaired) electrons. The van der Waals surface area contributed by atoms with E-state index < -0.39 is 6.29 Å². The van der Waals surface area contributed by atoms with Crippen molar-refractivity contribution in [2.45, 2.75) is 66.6 Å². The summed E-state index contributed by atoms with van der Waals surface area (Å²) in [5.74, 6) is 2.48. The fraction of sp³-hybridized carbons (Fsp3) is 0.938. The molecule has 0 aliphatic heterocycles. The minimum atomic E-state index is -0.437. The first-order valence-corrected chi connectivity index (χ1v) is 9.03. The predicted molar refractivity (Wildman–Crippen MR) is 87.0 cm³/mol. The van der Waals surface area contributed by atoms with Crippen LogP contribution < -0.4 is 0 Å². The molecule has 0 spiro atoms. The predicted octanol–water partition coefficient (Wildman–Crippen LogP) is 4.50. The van der Waals surface area contributed by atoms with Crippen molar-refractivity contribution in [2.24, 2.45) is 11.8 Å². The Morgan fingerprint density at radius 3 is 2.45 bits per heavy atom. The summed E-state index contributed by atoms with van der Waals surface area (Å²) in [6, 6.07) is 0. The molecule has 3 nitrogen and oxygen atoms in total. The maximum atomic E-state index is 11.7. The molecule has 0 aromatic heterocycles. The zero-order chi connectivity index (χ0) is 15.4.